The van der Waals surface area contributed by atoms with Crippen molar-refractivity contribution in [2.45, 2.75) is 35.5 Å². The lowest BCUT2D eigenvalue weighted by atomic mass is 9.93. The van der Waals surface area contributed by atoms with Gasteiger partial charge in [0.1, 0.15) is 0 Å². The van der Waals surface area contributed by atoms with Crippen molar-refractivity contribution < 1.29 is 29.6 Å². The number of hydrogen-bond acceptors (Lipinski definition) is 5. The molecule has 0 aromatic heterocycles. The summed E-state index contributed by atoms with van der Waals surface area (Å²) in [5.41, 5.74) is 3.76. The number of aliphatic hydroxyl groups is 1. The van der Waals surface area contributed by atoms with Gasteiger partial charge >= 0.3 is 12.1 Å². The number of benzene rings is 3. The van der Waals surface area contributed by atoms with E-state index >= 15 is 0 Å². The van der Waals surface area contributed by atoms with Crippen molar-refractivity contribution in [2.24, 2.45) is 5.92 Å². The molecule has 35 heavy (non-hydrogen) atoms. The molecule has 0 bridgehead atoms. The van der Waals surface area contributed by atoms with Gasteiger partial charge in [0.25, 0.3) is 0 Å². The van der Waals surface area contributed by atoms with Crippen LogP contribution in [0.5, 0.6) is 0 Å². The zero-order chi connectivity index (χ0) is 25.4. The number of esters is 1. The van der Waals surface area contributed by atoms with Crippen molar-refractivity contribution in [1.29, 1.82) is 0 Å². The topological polar surface area (TPSA) is 104 Å². The lowest BCUT2D eigenvalue weighted by Crippen LogP contribution is -2.10. The van der Waals surface area contributed by atoms with Crippen LogP contribution in [0.3, 0.4) is 0 Å². The highest BCUT2D eigenvalue weighted by Crippen LogP contribution is 2.44. The third-order valence-electron chi connectivity index (χ3n) is 5.89. The van der Waals surface area contributed by atoms with Crippen molar-refractivity contribution in [1.82, 2.24) is 0 Å². The maximum Gasteiger partial charge on any atom is 0.503 e. The van der Waals surface area contributed by atoms with Crippen LogP contribution in [-0.2, 0) is 4.74 Å². The lowest BCUT2D eigenvalue weighted by Gasteiger charge is -2.19. The molecular formula is C27H27ClO6S. The second-order valence-electron chi connectivity index (χ2n) is 8.16. The SMILES string of the molecule is COC(=O)c1ccccc1S[C@@H]1CC[C@@H](C(O)c2ccc(-c3ccc(Cl)cc3)cc2)C1.O=C(O)O. The van der Waals surface area contributed by atoms with Gasteiger partial charge in [-0.05, 0) is 66.1 Å². The maximum atomic E-state index is 12.0. The van der Waals surface area contributed by atoms with E-state index < -0.39 is 12.3 Å². The van der Waals surface area contributed by atoms with E-state index in [1.54, 1.807) is 17.8 Å². The van der Waals surface area contributed by atoms with E-state index in [2.05, 4.69) is 12.1 Å². The summed E-state index contributed by atoms with van der Waals surface area (Å²) in [6.07, 6.45) is 0.587. The predicted molar refractivity (Wildman–Crippen MR) is 137 cm³/mol. The molecular weight excluding hydrogens is 488 g/mol. The van der Waals surface area contributed by atoms with Crippen LogP contribution in [-0.4, -0.2) is 39.8 Å². The van der Waals surface area contributed by atoms with Gasteiger partial charge in [0.05, 0.1) is 18.8 Å². The van der Waals surface area contributed by atoms with E-state index in [0.29, 0.717) is 10.8 Å². The summed E-state index contributed by atoms with van der Waals surface area (Å²) in [5, 5.41) is 26.0. The van der Waals surface area contributed by atoms with Gasteiger partial charge < -0.3 is 20.1 Å². The first-order valence-corrected chi connectivity index (χ1v) is 12.3. The number of aliphatic hydroxyl groups excluding tert-OH is 1. The normalized spacial score (nSPS) is 17.7. The van der Waals surface area contributed by atoms with E-state index in [9.17, 15) is 9.90 Å². The Labute approximate surface area is 213 Å². The molecule has 0 heterocycles. The first-order valence-electron chi connectivity index (χ1n) is 11.1. The van der Waals surface area contributed by atoms with E-state index in [1.165, 1.54) is 7.11 Å². The van der Waals surface area contributed by atoms with Gasteiger partial charge in [0, 0.05) is 15.2 Å². The quantitative estimate of drug-likeness (QED) is 0.304. The largest absolute Gasteiger partial charge is 0.503 e. The van der Waals surface area contributed by atoms with Crippen molar-refractivity contribution in [2.75, 3.05) is 7.11 Å². The minimum atomic E-state index is -1.83. The highest BCUT2D eigenvalue weighted by atomic mass is 35.5. The number of halogens is 1. The first-order chi connectivity index (χ1) is 16.8. The maximum absolute atomic E-state index is 12.0. The van der Waals surface area contributed by atoms with Crippen LogP contribution in [0.1, 0.15) is 41.3 Å². The molecule has 184 valence electrons. The molecule has 3 aromatic carbocycles. The Morgan fingerprint density at radius 2 is 1.51 bits per heavy atom. The summed E-state index contributed by atoms with van der Waals surface area (Å²) in [5.74, 6) is -0.0948. The lowest BCUT2D eigenvalue weighted by molar-refractivity contribution is 0.0596. The second-order valence-corrected chi connectivity index (χ2v) is 9.94. The molecule has 3 aromatic rings. The van der Waals surface area contributed by atoms with E-state index in [0.717, 1.165) is 45.9 Å². The molecule has 0 radical (unpaired) electrons. The average molecular weight is 515 g/mol. The molecule has 1 fully saturated rings. The standard InChI is InChI=1S/C26H25ClO3S.CH2O3/c1-30-26(29)23-4-2-3-5-24(23)31-22-15-12-20(16-22)25(28)19-8-6-17(7-9-19)18-10-13-21(27)14-11-18;2-1(3)4/h2-11,13-14,20,22,25,28H,12,15-16H2,1H3;(H2,2,3,4)/t20-,22-,25?;/m1./s1. The molecule has 8 heteroatoms. The average Bonchev–Trinajstić information content (AvgIpc) is 3.32. The summed E-state index contributed by atoms with van der Waals surface area (Å²) < 4.78 is 4.91. The molecule has 1 unspecified atom stereocenters. The number of carbonyl (C=O) groups excluding carboxylic acids is 1. The fraction of sp³-hybridized carbons (Fsp3) is 0.259. The molecule has 1 saturated carbocycles. The monoisotopic (exact) mass is 514 g/mol. The van der Waals surface area contributed by atoms with Crippen molar-refractivity contribution >= 4 is 35.5 Å². The summed E-state index contributed by atoms with van der Waals surface area (Å²) in [7, 11) is 1.41. The Morgan fingerprint density at radius 1 is 0.943 bits per heavy atom. The number of ether oxygens (including phenoxy) is 1. The highest BCUT2D eigenvalue weighted by Gasteiger charge is 2.32. The highest BCUT2D eigenvalue weighted by molar-refractivity contribution is 8.00. The Hall–Kier alpha value is -3.00. The van der Waals surface area contributed by atoms with Crippen LogP contribution in [0.15, 0.2) is 77.7 Å². The third-order valence-corrected chi connectivity index (χ3v) is 7.51. The fourth-order valence-electron chi connectivity index (χ4n) is 4.18. The molecule has 0 spiro atoms. The van der Waals surface area contributed by atoms with Crippen LogP contribution < -0.4 is 0 Å². The van der Waals surface area contributed by atoms with Crippen LogP contribution in [0.2, 0.25) is 5.02 Å². The van der Waals surface area contributed by atoms with Gasteiger partial charge in [-0.15, -0.1) is 11.8 Å². The van der Waals surface area contributed by atoms with Crippen LogP contribution in [0.4, 0.5) is 4.79 Å². The van der Waals surface area contributed by atoms with Gasteiger partial charge in [-0.2, -0.15) is 0 Å². The van der Waals surface area contributed by atoms with Crippen LogP contribution in [0.25, 0.3) is 11.1 Å². The zero-order valence-corrected chi connectivity index (χ0v) is 20.7. The van der Waals surface area contributed by atoms with Gasteiger partial charge in [-0.1, -0.05) is 60.1 Å². The molecule has 4 rings (SSSR count). The van der Waals surface area contributed by atoms with Gasteiger partial charge in [-0.3, -0.25) is 0 Å². The molecule has 0 amide bonds. The number of thioether (sulfide) groups is 1. The molecule has 0 saturated heterocycles. The third kappa shape index (κ3) is 7.49. The van der Waals surface area contributed by atoms with E-state index in [1.807, 2.05) is 54.6 Å². The summed E-state index contributed by atoms with van der Waals surface area (Å²) in [6.45, 7) is 0. The van der Waals surface area contributed by atoms with E-state index in [-0.39, 0.29) is 11.9 Å². The Balaban J connectivity index is 0.000000795. The number of rotatable bonds is 6. The summed E-state index contributed by atoms with van der Waals surface area (Å²) in [6, 6.07) is 23.5. The Kier molecular flexibility index (Phi) is 9.60. The minimum Gasteiger partial charge on any atom is -0.465 e. The van der Waals surface area contributed by atoms with Crippen molar-refractivity contribution in [3.8, 4) is 11.1 Å². The van der Waals surface area contributed by atoms with Crippen LogP contribution in [0, 0.1) is 5.92 Å². The number of carboxylic acid groups (broad SMARTS) is 2. The molecule has 3 N–H and O–H groups in total. The molecule has 1 aliphatic rings. The first kappa shape index (κ1) is 26.6. The molecule has 3 atom stereocenters. The van der Waals surface area contributed by atoms with Gasteiger partial charge in [0.15, 0.2) is 0 Å². The molecule has 0 aliphatic heterocycles. The number of hydrogen-bond donors (Lipinski definition) is 3. The van der Waals surface area contributed by atoms with Gasteiger partial charge in [-0.25, -0.2) is 9.59 Å². The summed E-state index contributed by atoms with van der Waals surface area (Å²) >= 11 is 7.69. The van der Waals surface area contributed by atoms with Gasteiger partial charge in [0.2, 0.25) is 0 Å². The smallest absolute Gasteiger partial charge is 0.465 e. The van der Waals surface area contributed by atoms with Crippen LogP contribution >= 0.6 is 23.4 Å². The number of carbonyl (C=O) groups is 2. The minimum absolute atomic E-state index is 0.212. The van der Waals surface area contributed by atoms with Crippen molar-refractivity contribution in [3.05, 3.63) is 88.9 Å². The van der Waals surface area contributed by atoms with Crippen molar-refractivity contribution in [3.63, 3.8) is 0 Å². The second kappa shape index (κ2) is 12.6. The zero-order valence-electron chi connectivity index (χ0n) is 19.1. The number of methoxy groups -OCH3 is 1. The predicted octanol–water partition coefficient (Wildman–Crippen LogP) is 7.01. The molecule has 6 nitrogen and oxygen atoms in total. The Bertz CT molecular complexity index is 1130. The summed E-state index contributed by atoms with van der Waals surface area (Å²) in [4.78, 5) is 21.5. The Morgan fingerprint density at radius 3 is 2.11 bits per heavy atom. The fourth-order valence-corrected chi connectivity index (χ4v) is 5.70. The van der Waals surface area contributed by atoms with E-state index in [4.69, 9.17) is 31.3 Å². The molecule has 1 aliphatic carbocycles.